The summed E-state index contributed by atoms with van der Waals surface area (Å²) in [5.41, 5.74) is 3.86. The van der Waals surface area contributed by atoms with Crippen molar-refractivity contribution in [2.75, 3.05) is 37.4 Å². The molecule has 2 aromatic heterocycles. The molecule has 0 spiro atoms. The van der Waals surface area contributed by atoms with E-state index in [1.165, 1.54) is 11.3 Å². The van der Waals surface area contributed by atoms with Gasteiger partial charge in [-0.05, 0) is 58.1 Å². The number of aryl methyl sites for hydroxylation is 1. The number of nitrogens with zero attached hydrogens (tertiary/aromatic N) is 4. The molecule has 4 aromatic rings. The number of rotatable bonds is 5. The van der Waals surface area contributed by atoms with Crippen molar-refractivity contribution in [2.45, 2.75) is 25.8 Å². The zero-order valence-corrected chi connectivity index (χ0v) is 19.9. The Morgan fingerprint density at radius 1 is 1.15 bits per heavy atom. The Balaban J connectivity index is 1.32. The van der Waals surface area contributed by atoms with Crippen LogP contribution in [-0.2, 0) is 0 Å². The SMILES string of the molecule is Cc1nc(-c2ccccc2)sc1C(=O)Nc1ccc2oc(N(C)C3CCN(C)CC3)nc2c1. The molecule has 0 saturated carbocycles. The molecular weight excluding hydrogens is 434 g/mol. The molecule has 1 N–H and O–H groups in total. The first kappa shape index (κ1) is 21.6. The maximum absolute atomic E-state index is 13.0. The van der Waals surface area contributed by atoms with Gasteiger partial charge in [0.15, 0.2) is 5.58 Å². The summed E-state index contributed by atoms with van der Waals surface area (Å²) in [6, 6.07) is 16.5. The molecule has 0 bridgehead atoms. The van der Waals surface area contributed by atoms with Gasteiger partial charge in [-0.2, -0.15) is 4.98 Å². The van der Waals surface area contributed by atoms with E-state index in [1.54, 1.807) is 0 Å². The normalized spacial score (nSPS) is 15.1. The highest BCUT2D eigenvalue weighted by atomic mass is 32.1. The molecule has 8 heteroatoms. The van der Waals surface area contributed by atoms with Crippen LogP contribution in [0, 0.1) is 6.92 Å². The van der Waals surface area contributed by atoms with E-state index >= 15 is 0 Å². The standard InChI is InChI=1S/C25H27N5O2S/c1-16-22(33-24(26-16)17-7-5-4-6-8-17)23(31)27-18-9-10-21-20(15-18)28-25(32-21)30(3)19-11-13-29(2)14-12-19/h4-10,15,19H,11-14H2,1-3H3,(H,27,31). The zero-order chi connectivity index (χ0) is 22.9. The summed E-state index contributed by atoms with van der Waals surface area (Å²) in [5.74, 6) is -0.168. The number of piperidine rings is 1. The second-order valence-electron chi connectivity index (χ2n) is 8.58. The minimum absolute atomic E-state index is 0.168. The van der Waals surface area contributed by atoms with Crippen LogP contribution in [-0.4, -0.2) is 54.0 Å². The predicted molar refractivity (Wildman–Crippen MR) is 133 cm³/mol. The van der Waals surface area contributed by atoms with E-state index in [1.807, 2.05) is 62.5 Å². The molecule has 5 rings (SSSR count). The number of aromatic nitrogens is 2. The summed E-state index contributed by atoms with van der Waals surface area (Å²) >= 11 is 1.40. The third-order valence-electron chi connectivity index (χ3n) is 6.20. The van der Waals surface area contributed by atoms with Crippen LogP contribution in [0.25, 0.3) is 21.7 Å². The number of thiazole rings is 1. The van der Waals surface area contributed by atoms with E-state index in [-0.39, 0.29) is 5.91 Å². The highest BCUT2D eigenvalue weighted by Gasteiger charge is 2.24. The number of nitrogens with one attached hydrogen (secondary N) is 1. The monoisotopic (exact) mass is 461 g/mol. The molecule has 1 saturated heterocycles. The van der Waals surface area contributed by atoms with Gasteiger partial charge in [0, 0.05) is 24.3 Å². The Labute approximate surface area is 197 Å². The lowest BCUT2D eigenvalue weighted by molar-refractivity contribution is 0.103. The summed E-state index contributed by atoms with van der Waals surface area (Å²) in [6.07, 6.45) is 2.18. The number of hydrogen-bond acceptors (Lipinski definition) is 7. The maximum Gasteiger partial charge on any atom is 0.298 e. The lowest BCUT2D eigenvalue weighted by Gasteiger charge is -2.34. The van der Waals surface area contributed by atoms with Crippen molar-refractivity contribution in [2.24, 2.45) is 0 Å². The minimum Gasteiger partial charge on any atom is -0.423 e. The first-order valence-electron chi connectivity index (χ1n) is 11.1. The van der Waals surface area contributed by atoms with E-state index in [0.717, 1.165) is 47.7 Å². The van der Waals surface area contributed by atoms with Gasteiger partial charge < -0.3 is 19.5 Å². The second-order valence-corrected chi connectivity index (χ2v) is 9.58. The van der Waals surface area contributed by atoms with E-state index in [2.05, 4.69) is 27.1 Å². The fourth-order valence-corrected chi connectivity index (χ4v) is 5.15. The molecule has 1 aliphatic rings. The molecule has 170 valence electrons. The van der Waals surface area contributed by atoms with Gasteiger partial charge in [0.25, 0.3) is 11.9 Å². The van der Waals surface area contributed by atoms with Crippen LogP contribution >= 0.6 is 11.3 Å². The molecule has 7 nitrogen and oxygen atoms in total. The van der Waals surface area contributed by atoms with Gasteiger partial charge in [-0.15, -0.1) is 11.3 Å². The van der Waals surface area contributed by atoms with E-state index in [0.29, 0.717) is 28.2 Å². The third-order valence-corrected chi connectivity index (χ3v) is 7.40. The first-order chi connectivity index (χ1) is 16.0. The molecule has 1 fully saturated rings. The number of carbonyl (C=O) groups excluding carboxylic acids is 1. The molecule has 2 aromatic carbocycles. The Hall–Kier alpha value is -3.23. The summed E-state index contributed by atoms with van der Waals surface area (Å²) in [5, 5.41) is 3.83. The number of hydrogen-bond donors (Lipinski definition) is 1. The Morgan fingerprint density at radius 3 is 2.67 bits per heavy atom. The van der Waals surface area contributed by atoms with Crippen LogP contribution < -0.4 is 10.2 Å². The Morgan fingerprint density at radius 2 is 1.91 bits per heavy atom. The van der Waals surface area contributed by atoms with Gasteiger partial charge in [-0.25, -0.2) is 4.98 Å². The lowest BCUT2D eigenvalue weighted by Crippen LogP contribution is -2.42. The number of likely N-dealkylation sites (tertiary alicyclic amines) is 1. The van der Waals surface area contributed by atoms with Crippen molar-refractivity contribution in [3.8, 4) is 10.6 Å². The number of fused-ring (bicyclic) bond motifs is 1. The van der Waals surface area contributed by atoms with Crippen molar-refractivity contribution in [1.82, 2.24) is 14.9 Å². The fourth-order valence-electron chi connectivity index (χ4n) is 4.18. The molecule has 0 radical (unpaired) electrons. The van der Waals surface area contributed by atoms with Gasteiger partial charge in [0.2, 0.25) is 0 Å². The number of benzene rings is 2. The van der Waals surface area contributed by atoms with Crippen LogP contribution in [0.1, 0.15) is 28.2 Å². The van der Waals surface area contributed by atoms with Crippen LogP contribution in [0.15, 0.2) is 52.9 Å². The number of oxazole rings is 1. The first-order valence-corrected chi connectivity index (χ1v) is 12.0. The fraction of sp³-hybridized carbons (Fsp3) is 0.320. The molecule has 0 atom stereocenters. The average Bonchev–Trinajstić information content (AvgIpc) is 3.43. The number of carbonyl (C=O) groups is 1. The quantitative estimate of drug-likeness (QED) is 0.449. The number of anilines is 2. The Bertz CT molecular complexity index is 1270. The van der Waals surface area contributed by atoms with Crippen molar-refractivity contribution >= 4 is 40.0 Å². The van der Waals surface area contributed by atoms with Gasteiger partial charge in [-0.1, -0.05) is 30.3 Å². The van der Waals surface area contributed by atoms with Gasteiger partial charge >= 0.3 is 0 Å². The minimum atomic E-state index is -0.168. The predicted octanol–water partition coefficient (Wildman–Crippen LogP) is 5.04. The average molecular weight is 462 g/mol. The smallest absolute Gasteiger partial charge is 0.298 e. The maximum atomic E-state index is 13.0. The summed E-state index contributed by atoms with van der Waals surface area (Å²) < 4.78 is 6.01. The largest absolute Gasteiger partial charge is 0.423 e. The summed E-state index contributed by atoms with van der Waals surface area (Å²) in [6.45, 7) is 4.02. The highest BCUT2D eigenvalue weighted by Crippen LogP contribution is 2.30. The van der Waals surface area contributed by atoms with Gasteiger partial charge in [0.1, 0.15) is 15.4 Å². The van der Waals surface area contributed by atoms with Crippen molar-refractivity contribution in [3.63, 3.8) is 0 Å². The topological polar surface area (TPSA) is 74.5 Å². The second kappa shape index (κ2) is 8.96. The molecule has 1 amide bonds. The number of amides is 1. The molecule has 0 aliphatic carbocycles. The van der Waals surface area contributed by atoms with Crippen LogP contribution in [0.2, 0.25) is 0 Å². The van der Waals surface area contributed by atoms with E-state index in [4.69, 9.17) is 9.40 Å². The highest BCUT2D eigenvalue weighted by molar-refractivity contribution is 7.17. The lowest BCUT2D eigenvalue weighted by atomic mass is 10.0. The van der Waals surface area contributed by atoms with Gasteiger partial charge in [0.05, 0.1) is 5.69 Å². The van der Waals surface area contributed by atoms with Crippen molar-refractivity contribution in [3.05, 3.63) is 59.1 Å². The van der Waals surface area contributed by atoms with Crippen LogP contribution in [0.5, 0.6) is 0 Å². The summed E-state index contributed by atoms with van der Waals surface area (Å²) in [4.78, 5) is 27.3. The van der Waals surface area contributed by atoms with Gasteiger partial charge in [-0.3, -0.25) is 4.79 Å². The Kier molecular flexibility index (Phi) is 5.86. The van der Waals surface area contributed by atoms with Crippen LogP contribution in [0.3, 0.4) is 0 Å². The molecule has 33 heavy (non-hydrogen) atoms. The third kappa shape index (κ3) is 4.49. The van der Waals surface area contributed by atoms with Crippen molar-refractivity contribution in [1.29, 1.82) is 0 Å². The van der Waals surface area contributed by atoms with Crippen LogP contribution in [0.4, 0.5) is 11.7 Å². The zero-order valence-electron chi connectivity index (χ0n) is 19.0. The van der Waals surface area contributed by atoms with Crippen molar-refractivity contribution < 1.29 is 9.21 Å². The van der Waals surface area contributed by atoms with E-state index < -0.39 is 0 Å². The molecule has 1 aliphatic heterocycles. The molecular formula is C25H27N5O2S. The molecule has 3 heterocycles. The molecule has 0 unspecified atom stereocenters. The van der Waals surface area contributed by atoms with E-state index in [9.17, 15) is 4.79 Å². The summed E-state index contributed by atoms with van der Waals surface area (Å²) in [7, 11) is 4.20.